The molecule has 1 saturated heterocycles. The minimum atomic E-state index is 0.500. The molecule has 1 aliphatic heterocycles. The van der Waals surface area contributed by atoms with Crippen LogP contribution in [0.4, 0.5) is 0 Å². The fourth-order valence-corrected chi connectivity index (χ4v) is 0.295. The summed E-state index contributed by atoms with van der Waals surface area (Å²) >= 11 is 0. The Bertz CT molecular complexity index is 40.9. The molecule has 1 fully saturated rings. The zero-order valence-electron chi connectivity index (χ0n) is 5.22. The highest BCUT2D eigenvalue weighted by molar-refractivity contribution is 4.51. The van der Waals surface area contributed by atoms with Crippen LogP contribution in [-0.4, -0.2) is 20.0 Å². The van der Waals surface area contributed by atoms with Crippen LogP contribution in [0.5, 0.6) is 0 Å². The Balaban J connectivity index is 0.000000145. The van der Waals surface area contributed by atoms with E-state index in [1.54, 1.807) is 6.08 Å². The second-order valence-electron chi connectivity index (χ2n) is 1.34. The first-order valence-corrected chi connectivity index (χ1v) is 2.64. The van der Waals surface area contributed by atoms with Crippen LogP contribution in [0.3, 0.4) is 0 Å². The summed E-state index contributed by atoms with van der Waals surface area (Å²) in [4.78, 5) is 0. The van der Waals surface area contributed by atoms with Crippen LogP contribution in [0.15, 0.2) is 12.7 Å². The minimum Gasteiger partial charge on any atom is -0.353 e. The molecule has 0 aromatic heterocycles. The molecule has 1 heterocycles. The summed E-state index contributed by atoms with van der Waals surface area (Å²) in [5, 5.41) is 0. The maximum atomic E-state index is 4.72. The number of ether oxygens (including phenoxy) is 2. The van der Waals surface area contributed by atoms with Crippen molar-refractivity contribution >= 4 is 0 Å². The van der Waals surface area contributed by atoms with E-state index in [1.807, 2.05) is 6.92 Å². The highest BCUT2D eigenvalue weighted by atomic mass is 16.7. The first-order valence-electron chi connectivity index (χ1n) is 2.64. The Kier molecular flexibility index (Phi) is 6.38. The molecule has 48 valence electrons. The Morgan fingerprint density at radius 1 is 1.38 bits per heavy atom. The summed E-state index contributed by atoms with van der Waals surface area (Å²) in [5.74, 6) is 0. The highest BCUT2D eigenvalue weighted by Crippen LogP contribution is 1.85. The number of allylic oxidation sites excluding steroid dienone is 1. The molecule has 0 spiro atoms. The molecular weight excluding hydrogens is 104 g/mol. The van der Waals surface area contributed by atoms with Gasteiger partial charge in [-0.25, -0.2) is 0 Å². The van der Waals surface area contributed by atoms with E-state index < -0.39 is 0 Å². The molecule has 2 heteroatoms. The van der Waals surface area contributed by atoms with Crippen molar-refractivity contribution < 1.29 is 9.47 Å². The summed E-state index contributed by atoms with van der Waals surface area (Å²) in [6.07, 6.45) is 1.75. The zero-order chi connectivity index (χ0) is 6.24. The predicted molar refractivity (Wildman–Crippen MR) is 32.6 cm³/mol. The smallest absolute Gasteiger partial charge is 0.146 e. The molecule has 0 aliphatic carbocycles. The molecule has 0 aromatic rings. The molecule has 0 atom stereocenters. The van der Waals surface area contributed by atoms with Gasteiger partial charge < -0.3 is 9.47 Å². The molecule has 0 bridgehead atoms. The van der Waals surface area contributed by atoms with Crippen molar-refractivity contribution in [3.63, 3.8) is 0 Å². The van der Waals surface area contributed by atoms with Gasteiger partial charge in [-0.3, -0.25) is 0 Å². The van der Waals surface area contributed by atoms with Gasteiger partial charge in [0.25, 0.3) is 0 Å². The van der Waals surface area contributed by atoms with Crippen LogP contribution in [0.1, 0.15) is 6.92 Å². The molecule has 0 radical (unpaired) electrons. The van der Waals surface area contributed by atoms with Gasteiger partial charge >= 0.3 is 0 Å². The number of hydrogen-bond acceptors (Lipinski definition) is 2. The van der Waals surface area contributed by atoms with Crippen molar-refractivity contribution in [1.29, 1.82) is 0 Å². The molecule has 0 N–H and O–H groups in total. The largest absolute Gasteiger partial charge is 0.353 e. The van der Waals surface area contributed by atoms with Crippen LogP contribution in [0, 0.1) is 0 Å². The molecule has 0 saturated carbocycles. The van der Waals surface area contributed by atoms with E-state index in [1.165, 1.54) is 0 Å². The Labute approximate surface area is 50.1 Å². The van der Waals surface area contributed by atoms with Crippen molar-refractivity contribution in [3.05, 3.63) is 12.7 Å². The average Bonchev–Trinajstić information content (AvgIpc) is 2.17. The van der Waals surface area contributed by atoms with Gasteiger partial charge in [0, 0.05) is 0 Å². The summed E-state index contributed by atoms with van der Waals surface area (Å²) in [6, 6.07) is 0. The molecule has 0 amide bonds. The lowest BCUT2D eigenvalue weighted by Crippen LogP contribution is -1.79. The van der Waals surface area contributed by atoms with Gasteiger partial charge in [-0.05, 0) is 6.92 Å². The molecule has 1 aliphatic rings. The van der Waals surface area contributed by atoms with Gasteiger partial charge in [0.2, 0.25) is 0 Å². The first kappa shape index (κ1) is 7.66. The number of hydrogen-bond donors (Lipinski definition) is 0. The third kappa shape index (κ3) is 5.66. The van der Waals surface area contributed by atoms with Crippen molar-refractivity contribution in [2.45, 2.75) is 6.92 Å². The maximum Gasteiger partial charge on any atom is 0.146 e. The Hall–Kier alpha value is -0.340. The molecule has 0 unspecified atom stereocenters. The molecule has 8 heavy (non-hydrogen) atoms. The maximum absolute atomic E-state index is 4.72. The van der Waals surface area contributed by atoms with Gasteiger partial charge in [-0.1, -0.05) is 6.08 Å². The molecular formula is C6H12O2. The van der Waals surface area contributed by atoms with Crippen LogP contribution in [0.25, 0.3) is 0 Å². The van der Waals surface area contributed by atoms with E-state index >= 15 is 0 Å². The lowest BCUT2D eigenvalue weighted by atomic mass is 10.8. The first-order chi connectivity index (χ1) is 3.91. The molecule has 0 aromatic carbocycles. The fraction of sp³-hybridized carbons (Fsp3) is 0.667. The van der Waals surface area contributed by atoms with E-state index in [-0.39, 0.29) is 0 Å². The third-order valence-corrected chi connectivity index (χ3v) is 0.539. The summed E-state index contributed by atoms with van der Waals surface area (Å²) in [7, 11) is 0. The molecule has 1 rings (SSSR count). The summed E-state index contributed by atoms with van der Waals surface area (Å²) in [5.41, 5.74) is 0. The van der Waals surface area contributed by atoms with E-state index in [0.717, 1.165) is 13.2 Å². The van der Waals surface area contributed by atoms with E-state index in [9.17, 15) is 0 Å². The van der Waals surface area contributed by atoms with Gasteiger partial charge in [-0.15, -0.1) is 6.58 Å². The lowest BCUT2D eigenvalue weighted by Gasteiger charge is -1.76. The second kappa shape index (κ2) is 6.66. The minimum absolute atomic E-state index is 0.500. The van der Waals surface area contributed by atoms with Crippen molar-refractivity contribution in [1.82, 2.24) is 0 Å². The number of rotatable bonds is 0. The fourth-order valence-electron chi connectivity index (χ4n) is 0.295. The Morgan fingerprint density at radius 2 is 1.75 bits per heavy atom. The Morgan fingerprint density at radius 3 is 1.88 bits per heavy atom. The molecule has 2 nitrogen and oxygen atoms in total. The quantitative estimate of drug-likeness (QED) is 0.442. The summed E-state index contributed by atoms with van der Waals surface area (Å²) < 4.78 is 9.44. The van der Waals surface area contributed by atoms with Gasteiger partial charge in [0.1, 0.15) is 6.79 Å². The van der Waals surface area contributed by atoms with E-state index in [4.69, 9.17) is 9.47 Å². The van der Waals surface area contributed by atoms with E-state index in [0.29, 0.717) is 6.79 Å². The normalized spacial score (nSPS) is 16.6. The standard InChI is InChI=1S/C3H6O2.C3H6/c1-2-5-3-4-1;1-3-2/h1-3H2;3H,1H2,2H3. The van der Waals surface area contributed by atoms with Gasteiger partial charge in [-0.2, -0.15) is 0 Å². The zero-order valence-corrected chi connectivity index (χ0v) is 5.22. The average molecular weight is 116 g/mol. The SMILES string of the molecule is C1COCO1.C=CC. The van der Waals surface area contributed by atoms with E-state index in [2.05, 4.69) is 6.58 Å². The predicted octanol–water partition coefficient (Wildman–Crippen LogP) is 1.18. The monoisotopic (exact) mass is 116 g/mol. The van der Waals surface area contributed by atoms with Crippen molar-refractivity contribution in [2.75, 3.05) is 20.0 Å². The van der Waals surface area contributed by atoms with Gasteiger partial charge in [0.05, 0.1) is 13.2 Å². The topological polar surface area (TPSA) is 18.5 Å². The van der Waals surface area contributed by atoms with Crippen LogP contribution in [-0.2, 0) is 9.47 Å². The third-order valence-electron chi connectivity index (χ3n) is 0.539. The second-order valence-corrected chi connectivity index (χ2v) is 1.34. The van der Waals surface area contributed by atoms with Crippen LogP contribution < -0.4 is 0 Å². The van der Waals surface area contributed by atoms with Crippen LogP contribution >= 0.6 is 0 Å². The highest BCUT2D eigenvalue weighted by Gasteiger charge is 1.93. The van der Waals surface area contributed by atoms with Gasteiger partial charge in [0.15, 0.2) is 0 Å². The van der Waals surface area contributed by atoms with Crippen molar-refractivity contribution in [2.24, 2.45) is 0 Å². The van der Waals surface area contributed by atoms with Crippen LogP contribution in [0.2, 0.25) is 0 Å². The lowest BCUT2D eigenvalue weighted by molar-refractivity contribution is 0.0692. The van der Waals surface area contributed by atoms with Crippen molar-refractivity contribution in [3.8, 4) is 0 Å². The summed E-state index contributed by atoms with van der Waals surface area (Å²) in [6.45, 7) is 7.31.